The Morgan fingerprint density at radius 3 is 2.64 bits per heavy atom. The van der Waals surface area contributed by atoms with Crippen LogP contribution in [0.3, 0.4) is 0 Å². The second-order valence-corrected chi connectivity index (χ2v) is 6.62. The zero-order valence-corrected chi connectivity index (χ0v) is 15.1. The van der Waals surface area contributed by atoms with Gasteiger partial charge in [-0.05, 0) is 19.0 Å². The summed E-state index contributed by atoms with van der Waals surface area (Å²) in [6.07, 6.45) is 1.73. The topological polar surface area (TPSA) is 53.4 Å². The average molecular weight is 341 g/mol. The van der Waals surface area contributed by atoms with Crippen LogP contribution < -0.4 is 5.32 Å². The van der Waals surface area contributed by atoms with E-state index in [1.54, 1.807) is 6.20 Å². The van der Waals surface area contributed by atoms with Gasteiger partial charge in [0.25, 0.3) is 0 Å². The van der Waals surface area contributed by atoms with Crippen molar-refractivity contribution < 1.29 is 4.79 Å². The van der Waals surface area contributed by atoms with Crippen LogP contribution in [-0.4, -0.2) is 64.8 Å². The number of hydrogen-bond acceptors (Lipinski definition) is 4. The first-order chi connectivity index (χ1) is 12.1. The Kier molecular flexibility index (Phi) is 5.83. The molecule has 1 aliphatic rings. The first-order valence-corrected chi connectivity index (χ1v) is 8.96. The molecular formula is C19H27N5O. The highest BCUT2D eigenvalue weighted by molar-refractivity contribution is 5.91. The fourth-order valence-corrected chi connectivity index (χ4v) is 3.20. The summed E-state index contributed by atoms with van der Waals surface area (Å²) in [6.45, 7) is 10.4. The van der Waals surface area contributed by atoms with Crippen LogP contribution in [0.2, 0.25) is 0 Å². The van der Waals surface area contributed by atoms with Crippen molar-refractivity contribution in [3.63, 3.8) is 0 Å². The van der Waals surface area contributed by atoms with Crippen molar-refractivity contribution in [2.45, 2.75) is 20.4 Å². The van der Waals surface area contributed by atoms with Gasteiger partial charge in [0.2, 0.25) is 5.91 Å². The molecule has 1 aromatic carbocycles. The Hall–Kier alpha value is -2.18. The van der Waals surface area contributed by atoms with E-state index in [9.17, 15) is 4.79 Å². The number of anilines is 1. The summed E-state index contributed by atoms with van der Waals surface area (Å²) in [5, 5.41) is 7.35. The number of hydrogen-bond donors (Lipinski definition) is 1. The summed E-state index contributed by atoms with van der Waals surface area (Å²) < 4.78 is 1.84. The third kappa shape index (κ3) is 4.90. The molecule has 3 rings (SSSR count). The van der Waals surface area contributed by atoms with Gasteiger partial charge in [0.1, 0.15) is 5.82 Å². The second kappa shape index (κ2) is 8.27. The molecule has 1 aliphatic heterocycles. The number of aromatic nitrogens is 2. The summed E-state index contributed by atoms with van der Waals surface area (Å²) in [6, 6.07) is 10.2. The number of carbonyl (C=O) groups is 1. The second-order valence-electron chi connectivity index (χ2n) is 6.62. The number of carbonyl (C=O) groups excluding carboxylic acids is 1. The molecule has 2 heterocycles. The smallest absolute Gasteiger partial charge is 0.239 e. The monoisotopic (exact) mass is 341 g/mol. The predicted octanol–water partition coefficient (Wildman–Crippen LogP) is 1.82. The summed E-state index contributed by atoms with van der Waals surface area (Å²) in [5.41, 5.74) is 2.40. The molecular weight excluding hydrogens is 314 g/mol. The lowest BCUT2D eigenvalue weighted by Crippen LogP contribution is -2.48. The van der Waals surface area contributed by atoms with Crippen molar-refractivity contribution >= 4 is 11.7 Å². The third-order valence-corrected chi connectivity index (χ3v) is 4.68. The van der Waals surface area contributed by atoms with E-state index in [4.69, 9.17) is 0 Å². The molecule has 1 fully saturated rings. The zero-order chi connectivity index (χ0) is 17.6. The Bertz CT molecular complexity index is 703. The molecule has 0 aliphatic carbocycles. The summed E-state index contributed by atoms with van der Waals surface area (Å²) in [5.74, 6) is 0.773. The highest BCUT2D eigenvalue weighted by atomic mass is 16.2. The summed E-state index contributed by atoms with van der Waals surface area (Å²) >= 11 is 0. The molecule has 134 valence electrons. The maximum atomic E-state index is 12.4. The first kappa shape index (κ1) is 17.6. The van der Waals surface area contributed by atoms with Gasteiger partial charge in [0.15, 0.2) is 0 Å². The van der Waals surface area contributed by atoms with Crippen LogP contribution in [0.1, 0.15) is 18.1 Å². The van der Waals surface area contributed by atoms with Gasteiger partial charge in [-0.15, -0.1) is 0 Å². The molecule has 0 saturated carbocycles. The fraction of sp³-hybridized carbons (Fsp3) is 0.474. The molecule has 0 atom stereocenters. The van der Waals surface area contributed by atoms with Crippen LogP contribution in [0.4, 0.5) is 5.82 Å². The lowest BCUT2D eigenvalue weighted by molar-refractivity contribution is -0.117. The molecule has 6 nitrogen and oxygen atoms in total. The van der Waals surface area contributed by atoms with Crippen molar-refractivity contribution in [3.05, 3.63) is 47.7 Å². The summed E-state index contributed by atoms with van der Waals surface area (Å²) in [4.78, 5) is 17.0. The highest BCUT2D eigenvalue weighted by Gasteiger charge is 2.18. The van der Waals surface area contributed by atoms with Gasteiger partial charge in [-0.25, -0.2) is 4.68 Å². The van der Waals surface area contributed by atoms with Crippen LogP contribution in [0.5, 0.6) is 0 Å². The highest BCUT2D eigenvalue weighted by Crippen LogP contribution is 2.12. The number of benzene rings is 1. The number of amides is 1. The minimum absolute atomic E-state index is 0.0240. The van der Waals surface area contributed by atoms with Crippen LogP contribution >= 0.6 is 0 Å². The minimum atomic E-state index is 0.0240. The number of rotatable bonds is 6. The minimum Gasteiger partial charge on any atom is -0.310 e. The number of aryl methyl sites for hydroxylation is 1. The molecule has 0 bridgehead atoms. The predicted molar refractivity (Wildman–Crippen MR) is 99.7 cm³/mol. The molecule has 0 spiro atoms. The normalized spacial score (nSPS) is 16.1. The van der Waals surface area contributed by atoms with E-state index < -0.39 is 0 Å². The van der Waals surface area contributed by atoms with E-state index in [1.165, 1.54) is 11.1 Å². The van der Waals surface area contributed by atoms with Gasteiger partial charge in [-0.1, -0.05) is 36.8 Å². The Morgan fingerprint density at radius 1 is 1.16 bits per heavy atom. The number of likely N-dealkylation sites (N-methyl/N-ethyl adjacent to an activating group) is 1. The van der Waals surface area contributed by atoms with Crippen LogP contribution in [0.15, 0.2) is 36.5 Å². The average Bonchev–Trinajstić information content (AvgIpc) is 3.02. The molecule has 1 N–H and O–H groups in total. The maximum Gasteiger partial charge on any atom is 0.239 e. The molecule has 0 radical (unpaired) electrons. The fourth-order valence-electron chi connectivity index (χ4n) is 3.20. The van der Waals surface area contributed by atoms with E-state index in [-0.39, 0.29) is 5.91 Å². The molecule has 2 aromatic rings. The molecule has 0 unspecified atom stereocenters. The quantitative estimate of drug-likeness (QED) is 0.871. The third-order valence-electron chi connectivity index (χ3n) is 4.68. The Balaban J connectivity index is 1.55. The van der Waals surface area contributed by atoms with Gasteiger partial charge >= 0.3 is 0 Å². The molecule has 6 heteroatoms. The number of nitrogens with zero attached hydrogens (tertiary/aromatic N) is 4. The Labute approximate surface area is 149 Å². The largest absolute Gasteiger partial charge is 0.310 e. The standard InChI is InChI=1S/C19H27N5O/c1-3-22-9-11-23(12-10-22)15-19(25)21-18-7-8-20-24(18)14-17-6-4-5-16(2)13-17/h4-8,13H,3,9-12,14-15H2,1-2H3,(H,21,25). The van der Waals surface area contributed by atoms with Crippen molar-refractivity contribution in [2.75, 3.05) is 44.6 Å². The van der Waals surface area contributed by atoms with E-state index in [0.29, 0.717) is 13.1 Å². The van der Waals surface area contributed by atoms with E-state index in [1.807, 2.05) is 16.8 Å². The van der Waals surface area contributed by atoms with Crippen LogP contribution in [0, 0.1) is 6.92 Å². The zero-order valence-electron chi connectivity index (χ0n) is 15.1. The lowest BCUT2D eigenvalue weighted by atomic mass is 10.1. The van der Waals surface area contributed by atoms with Gasteiger partial charge in [0, 0.05) is 32.2 Å². The van der Waals surface area contributed by atoms with Crippen LogP contribution in [-0.2, 0) is 11.3 Å². The van der Waals surface area contributed by atoms with Crippen molar-refractivity contribution in [2.24, 2.45) is 0 Å². The SMILES string of the molecule is CCN1CCN(CC(=O)Nc2ccnn2Cc2cccc(C)c2)CC1. The van der Waals surface area contributed by atoms with Crippen LogP contribution in [0.25, 0.3) is 0 Å². The molecule has 25 heavy (non-hydrogen) atoms. The van der Waals surface area contributed by atoms with Gasteiger partial charge in [0.05, 0.1) is 19.3 Å². The van der Waals surface area contributed by atoms with Gasteiger partial charge in [-0.2, -0.15) is 5.10 Å². The van der Waals surface area contributed by atoms with Crippen molar-refractivity contribution in [1.29, 1.82) is 0 Å². The van der Waals surface area contributed by atoms with Crippen molar-refractivity contribution in [3.8, 4) is 0 Å². The lowest BCUT2D eigenvalue weighted by Gasteiger charge is -2.33. The van der Waals surface area contributed by atoms with E-state index >= 15 is 0 Å². The van der Waals surface area contributed by atoms with E-state index in [2.05, 4.69) is 52.3 Å². The first-order valence-electron chi connectivity index (χ1n) is 8.96. The van der Waals surface area contributed by atoms with Gasteiger partial charge < -0.3 is 10.2 Å². The summed E-state index contributed by atoms with van der Waals surface area (Å²) in [7, 11) is 0. The van der Waals surface area contributed by atoms with Gasteiger partial charge in [-0.3, -0.25) is 9.69 Å². The van der Waals surface area contributed by atoms with Crippen molar-refractivity contribution in [1.82, 2.24) is 19.6 Å². The molecule has 1 amide bonds. The Morgan fingerprint density at radius 2 is 1.92 bits per heavy atom. The maximum absolute atomic E-state index is 12.4. The van der Waals surface area contributed by atoms with E-state index in [0.717, 1.165) is 38.5 Å². The molecule has 1 saturated heterocycles. The molecule has 1 aromatic heterocycles. The number of nitrogens with one attached hydrogen (secondary N) is 1. The number of piperazine rings is 1.